The van der Waals surface area contributed by atoms with Crippen LogP contribution in [0.25, 0.3) is 0 Å². The van der Waals surface area contributed by atoms with Crippen molar-refractivity contribution in [3.05, 3.63) is 12.7 Å². The number of hydrogen-bond donors (Lipinski definition) is 0. The standard InChI is InChI=1S/C14H23NO3/c1-6-11(16)14(5)7-9-15(10-8-14)12(17)18-13(2,3)4/h6H,1,7-10H2,2-5H3. The Balaban J connectivity index is 2.56. The minimum absolute atomic E-state index is 0.0614. The maximum atomic E-state index is 11.9. The molecular weight excluding hydrogens is 230 g/mol. The van der Waals surface area contributed by atoms with Crippen molar-refractivity contribution in [2.45, 2.75) is 46.1 Å². The van der Waals surface area contributed by atoms with Gasteiger partial charge in [0, 0.05) is 18.5 Å². The maximum Gasteiger partial charge on any atom is 0.410 e. The molecule has 1 aliphatic rings. The summed E-state index contributed by atoms with van der Waals surface area (Å²) >= 11 is 0. The van der Waals surface area contributed by atoms with Gasteiger partial charge in [0.25, 0.3) is 0 Å². The Kier molecular flexibility index (Phi) is 4.20. The van der Waals surface area contributed by atoms with Crippen molar-refractivity contribution in [2.75, 3.05) is 13.1 Å². The first-order valence-corrected chi connectivity index (χ1v) is 6.33. The third kappa shape index (κ3) is 3.59. The lowest BCUT2D eigenvalue weighted by molar-refractivity contribution is -0.125. The second-order valence-electron chi connectivity index (χ2n) is 6.10. The molecule has 0 atom stereocenters. The average molecular weight is 253 g/mol. The molecule has 4 nitrogen and oxygen atoms in total. The summed E-state index contributed by atoms with van der Waals surface area (Å²) in [7, 11) is 0. The van der Waals surface area contributed by atoms with E-state index in [1.165, 1.54) is 6.08 Å². The summed E-state index contributed by atoms with van der Waals surface area (Å²) in [6.07, 6.45) is 2.41. The number of allylic oxidation sites excluding steroid dienone is 1. The average Bonchev–Trinajstić information content (AvgIpc) is 2.26. The molecule has 0 bridgehead atoms. The molecular formula is C14H23NO3. The topological polar surface area (TPSA) is 46.6 Å². The Morgan fingerprint density at radius 3 is 2.17 bits per heavy atom. The van der Waals surface area contributed by atoms with Crippen LogP contribution in [-0.4, -0.2) is 35.5 Å². The molecule has 0 aromatic heterocycles. The fourth-order valence-electron chi connectivity index (χ4n) is 2.00. The number of ketones is 1. The molecule has 0 aliphatic carbocycles. The van der Waals surface area contributed by atoms with Gasteiger partial charge in [-0.2, -0.15) is 0 Å². The quantitative estimate of drug-likeness (QED) is 0.711. The van der Waals surface area contributed by atoms with Gasteiger partial charge < -0.3 is 9.64 Å². The molecule has 1 amide bonds. The summed E-state index contributed by atoms with van der Waals surface area (Å²) in [5.74, 6) is 0.0614. The van der Waals surface area contributed by atoms with Gasteiger partial charge >= 0.3 is 6.09 Å². The highest BCUT2D eigenvalue weighted by Crippen LogP contribution is 2.32. The van der Waals surface area contributed by atoms with E-state index >= 15 is 0 Å². The van der Waals surface area contributed by atoms with Crippen LogP contribution in [0.15, 0.2) is 12.7 Å². The van der Waals surface area contributed by atoms with Gasteiger partial charge in [-0.3, -0.25) is 4.79 Å². The first-order chi connectivity index (χ1) is 8.18. The monoisotopic (exact) mass is 253 g/mol. The Bertz CT molecular complexity index is 347. The van der Waals surface area contributed by atoms with Crippen LogP contribution >= 0.6 is 0 Å². The zero-order valence-corrected chi connectivity index (χ0v) is 11.8. The maximum absolute atomic E-state index is 11.9. The first-order valence-electron chi connectivity index (χ1n) is 6.33. The van der Waals surface area contributed by atoms with Gasteiger partial charge in [-0.15, -0.1) is 0 Å². The van der Waals surface area contributed by atoms with E-state index in [0.29, 0.717) is 25.9 Å². The molecule has 1 rings (SSSR count). The number of likely N-dealkylation sites (tertiary alicyclic amines) is 1. The summed E-state index contributed by atoms with van der Waals surface area (Å²) in [5, 5.41) is 0. The summed E-state index contributed by atoms with van der Waals surface area (Å²) < 4.78 is 5.31. The Labute approximate surface area is 109 Å². The van der Waals surface area contributed by atoms with Crippen molar-refractivity contribution >= 4 is 11.9 Å². The van der Waals surface area contributed by atoms with Crippen molar-refractivity contribution < 1.29 is 14.3 Å². The summed E-state index contributed by atoms with van der Waals surface area (Å²) in [5.41, 5.74) is -0.852. The lowest BCUT2D eigenvalue weighted by atomic mass is 9.77. The molecule has 18 heavy (non-hydrogen) atoms. The highest BCUT2D eigenvalue weighted by molar-refractivity contribution is 5.94. The predicted octanol–water partition coefficient (Wildman–Crippen LogP) is 2.78. The van der Waals surface area contributed by atoms with E-state index in [9.17, 15) is 9.59 Å². The van der Waals surface area contributed by atoms with Gasteiger partial charge in [-0.05, 0) is 39.7 Å². The molecule has 0 spiro atoms. The second-order valence-corrected chi connectivity index (χ2v) is 6.10. The lowest BCUT2D eigenvalue weighted by Gasteiger charge is -2.38. The zero-order valence-electron chi connectivity index (χ0n) is 11.8. The van der Waals surface area contributed by atoms with Crippen LogP contribution in [0, 0.1) is 5.41 Å². The third-order valence-corrected chi connectivity index (χ3v) is 3.30. The number of rotatable bonds is 2. The SMILES string of the molecule is C=CC(=O)C1(C)CCN(C(=O)OC(C)(C)C)CC1. The van der Waals surface area contributed by atoms with Gasteiger partial charge in [0.1, 0.15) is 5.60 Å². The normalized spacial score (nSPS) is 19.2. The van der Waals surface area contributed by atoms with Gasteiger partial charge in [0.2, 0.25) is 0 Å². The van der Waals surface area contributed by atoms with Crippen LogP contribution in [0.2, 0.25) is 0 Å². The van der Waals surface area contributed by atoms with Gasteiger partial charge in [-0.25, -0.2) is 4.79 Å². The van der Waals surface area contributed by atoms with E-state index in [2.05, 4.69) is 6.58 Å². The molecule has 1 aliphatic heterocycles. The predicted molar refractivity (Wildman–Crippen MR) is 70.4 cm³/mol. The van der Waals surface area contributed by atoms with Gasteiger partial charge in [-0.1, -0.05) is 13.5 Å². The molecule has 4 heteroatoms. The van der Waals surface area contributed by atoms with E-state index in [-0.39, 0.29) is 17.3 Å². The van der Waals surface area contributed by atoms with Crippen molar-refractivity contribution in [1.82, 2.24) is 4.90 Å². The Morgan fingerprint density at radius 1 is 1.28 bits per heavy atom. The second kappa shape index (κ2) is 5.12. The van der Waals surface area contributed by atoms with Crippen molar-refractivity contribution in [3.63, 3.8) is 0 Å². The summed E-state index contributed by atoms with van der Waals surface area (Å²) in [4.78, 5) is 25.3. The molecule has 0 aromatic carbocycles. The van der Waals surface area contributed by atoms with Crippen LogP contribution in [0.4, 0.5) is 4.79 Å². The Morgan fingerprint density at radius 2 is 1.78 bits per heavy atom. The minimum Gasteiger partial charge on any atom is -0.444 e. The van der Waals surface area contributed by atoms with Gasteiger partial charge in [0.15, 0.2) is 5.78 Å². The molecule has 102 valence electrons. The van der Waals surface area contributed by atoms with Crippen LogP contribution in [-0.2, 0) is 9.53 Å². The van der Waals surface area contributed by atoms with E-state index in [4.69, 9.17) is 4.74 Å². The van der Waals surface area contributed by atoms with Crippen LogP contribution in [0.3, 0.4) is 0 Å². The van der Waals surface area contributed by atoms with E-state index in [1.807, 2.05) is 27.7 Å². The highest BCUT2D eigenvalue weighted by Gasteiger charge is 2.37. The number of hydrogen-bond acceptors (Lipinski definition) is 3. The van der Waals surface area contributed by atoms with E-state index in [1.54, 1.807) is 4.90 Å². The highest BCUT2D eigenvalue weighted by atomic mass is 16.6. The molecule has 0 N–H and O–H groups in total. The number of carbonyl (C=O) groups excluding carboxylic acids is 2. The summed E-state index contributed by atoms with van der Waals surface area (Å²) in [6.45, 7) is 12.1. The van der Waals surface area contributed by atoms with Crippen molar-refractivity contribution in [1.29, 1.82) is 0 Å². The zero-order chi connectivity index (χ0) is 14.0. The smallest absolute Gasteiger partial charge is 0.410 e. The first kappa shape index (κ1) is 14.7. The van der Waals surface area contributed by atoms with Crippen LogP contribution < -0.4 is 0 Å². The van der Waals surface area contributed by atoms with Gasteiger partial charge in [0.05, 0.1) is 0 Å². The lowest BCUT2D eigenvalue weighted by Crippen LogP contribution is -2.46. The fourth-order valence-corrected chi connectivity index (χ4v) is 2.00. The fraction of sp³-hybridized carbons (Fsp3) is 0.714. The van der Waals surface area contributed by atoms with E-state index in [0.717, 1.165) is 0 Å². The minimum atomic E-state index is -0.477. The van der Waals surface area contributed by atoms with Crippen LogP contribution in [0.1, 0.15) is 40.5 Å². The summed E-state index contributed by atoms with van der Waals surface area (Å²) in [6, 6.07) is 0. The van der Waals surface area contributed by atoms with Crippen LogP contribution in [0.5, 0.6) is 0 Å². The Hall–Kier alpha value is -1.32. The molecule has 0 unspecified atom stereocenters. The van der Waals surface area contributed by atoms with Crippen molar-refractivity contribution in [2.24, 2.45) is 5.41 Å². The third-order valence-electron chi connectivity index (χ3n) is 3.30. The number of nitrogens with zero attached hydrogens (tertiary/aromatic N) is 1. The van der Waals surface area contributed by atoms with E-state index < -0.39 is 5.60 Å². The number of ether oxygens (including phenoxy) is 1. The largest absolute Gasteiger partial charge is 0.444 e. The number of amides is 1. The molecule has 0 aromatic rings. The number of carbonyl (C=O) groups is 2. The number of piperidine rings is 1. The molecule has 0 saturated carbocycles. The molecule has 1 fully saturated rings. The molecule has 0 radical (unpaired) electrons. The van der Waals surface area contributed by atoms with Crippen molar-refractivity contribution in [3.8, 4) is 0 Å². The molecule has 1 saturated heterocycles. The molecule has 1 heterocycles.